The van der Waals surface area contributed by atoms with Crippen molar-refractivity contribution in [2.45, 2.75) is 96.0 Å². The summed E-state index contributed by atoms with van der Waals surface area (Å²) in [4.78, 5) is 27.6. The zero-order valence-corrected chi connectivity index (χ0v) is 22.4. The minimum absolute atomic E-state index is 0.00559. The first kappa shape index (κ1) is 24.8. The number of hydrogen-bond acceptors (Lipinski definition) is 5. The van der Waals surface area contributed by atoms with Crippen LogP contribution < -0.4 is 4.74 Å². The summed E-state index contributed by atoms with van der Waals surface area (Å²) in [6.07, 6.45) is 18.5. The molecule has 1 aromatic rings. The second-order valence-corrected chi connectivity index (χ2v) is 12.5. The number of allylic oxidation sites excluding steroid dienone is 1. The Bertz CT molecular complexity index is 1120. The first-order valence-corrected chi connectivity index (χ1v) is 14.6. The molecule has 3 fully saturated rings. The fourth-order valence-electron chi connectivity index (χ4n) is 8.33. The molecule has 1 aromatic carbocycles. The molecule has 1 heterocycles. The number of aryl methyl sites for hydroxylation is 1. The Morgan fingerprint density at radius 3 is 2.68 bits per heavy atom. The number of carbonyl (C=O) groups excluding carboxylic acids is 2. The topological polar surface area (TPSA) is 55.8 Å². The Hall–Kier alpha value is -2.56. The van der Waals surface area contributed by atoms with E-state index < -0.39 is 0 Å². The molecule has 1 aliphatic heterocycles. The average Bonchev–Trinajstić information content (AvgIpc) is 3.24. The monoisotopic (exact) mass is 503 g/mol. The fraction of sp³-hybridized carbons (Fsp3) is 0.625. The largest absolute Gasteiger partial charge is 0.458 e. The predicted molar refractivity (Wildman–Crippen MR) is 143 cm³/mol. The van der Waals surface area contributed by atoms with E-state index in [1.807, 2.05) is 36.5 Å². The number of nitrogens with zero attached hydrogens (tertiary/aromatic N) is 1. The Kier molecular flexibility index (Phi) is 6.66. The molecule has 5 atom stereocenters. The van der Waals surface area contributed by atoms with Crippen LogP contribution in [0.2, 0.25) is 0 Å². The summed E-state index contributed by atoms with van der Waals surface area (Å²) in [5.41, 5.74) is 3.62. The van der Waals surface area contributed by atoms with Crippen LogP contribution in [0.3, 0.4) is 0 Å². The quantitative estimate of drug-likeness (QED) is 0.339. The first-order chi connectivity index (χ1) is 17.9. The van der Waals surface area contributed by atoms with Crippen LogP contribution in [-0.4, -0.2) is 30.0 Å². The molecule has 0 spiro atoms. The Morgan fingerprint density at radius 2 is 1.86 bits per heavy atom. The lowest BCUT2D eigenvalue weighted by molar-refractivity contribution is -0.153. The van der Waals surface area contributed by atoms with Crippen molar-refractivity contribution in [2.75, 3.05) is 7.05 Å². The van der Waals surface area contributed by atoms with Crippen molar-refractivity contribution in [1.82, 2.24) is 4.90 Å². The first-order valence-electron chi connectivity index (χ1n) is 14.6. The van der Waals surface area contributed by atoms with Crippen molar-refractivity contribution < 1.29 is 19.1 Å². The molecule has 5 nitrogen and oxygen atoms in total. The summed E-state index contributed by atoms with van der Waals surface area (Å²) >= 11 is 0. The van der Waals surface area contributed by atoms with Crippen LogP contribution in [0.1, 0.15) is 94.6 Å². The fourth-order valence-corrected chi connectivity index (χ4v) is 8.33. The van der Waals surface area contributed by atoms with Gasteiger partial charge in [-0.15, -0.1) is 0 Å². The number of carbonyl (C=O) groups is 2. The van der Waals surface area contributed by atoms with E-state index in [0.717, 1.165) is 69.1 Å². The Labute approximate surface area is 221 Å². The summed E-state index contributed by atoms with van der Waals surface area (Å²) in [5, 5.41) is 0. The summed E-state index contributed by atoms with van der Waals surface area (Å²) < 4.78 is 12.1. The third kappa shape index (κ3) is 4.64. The minimum atomic E-state index is -0.144. The molecular formula is C32H41NO4. The van der Waals surface area contributed by atoms with Gasteiger partial charge in [0.25, 0.3) is 0 Å². The van der Waals surface area contributed by atoms with Crippen LogP contribution in [0.15, 0.2) is 42.2 Å². The normalized spacial score (nSPS) is 33.1. The lowest BCUT2D eigenvalue weighted by Gasteiger charge is -2.50. The molecule has 0 radical (unpaired) electrons. The molecule has 5 aliphatic rings. The number of ether oxygens (including phenoxy) is 2. The molecule has 198 valence electrons. The molecule has 5 unspecified atom stereocenters. The van der Waals surface area contributed by atoms with Crippen LogP contribution in [0.4, 0.5) is 0 Å². The average molecular weight is 504 g/mol. The number of esters is 2. The maximum atomic E-state index is 13.0. The minimum Gasteiger partial charge on any atom is -0.458 e. The summed E-state index contributed by atoms with van der Waals surface area (Å²) in [6, 6.07) is 6.41. The molecule has 3 saturated carbocycles. The van der Waals surface area contributed by atoms with Crippen LogP contribution in [0.5, 0.6) is 5.75 Å². The summed E-state index contributed by atoms with van der Waals surface area (Å²) in [7, 11) is 1.95. The van der Waals surface area contributed by atoms with Crippen molar-refractivity contribution in [3.8, 4) is 5.75 Å². The summed E-state index contributed by atoms with van der Waals surface area (Å²) in [6.45, 7) is 2.38. The lowest BCUT2D eigenvalue weighted by atomic mass is 9.55. The van der Waals surface area contributed by atoms with Gasteiger partial charge in [-0.05, 0) is 98.6 Å². The van der Waals surface area contributed by atoms with Crippen LogP contribution >= 0.6 is 0 Å². The van der Waals surface area contributed by atoms with Crippen LogP contribution in [0.25, 0.3) is 0 Å². The third-order valence-electron chi connectivity index (χ3n) is 10.3. The molecule has 5 heteroatoms. The van der Waals surface area contributed by atoms with Gasteiger partial charge in [-0.1, -0.05) is 38.3 Å². The van der Waals surface area contributed by atoms with Gasteiger partial charge < -0.3 is 14.4 Å². The molecule has 4 aliphatic carbocycles. The van der Waals surface area contributed by atoms with Crippen molar-refractivity contribution in [3.63, 3.8) is 0 Å². The number of hydrogen-bond donors (Lipinski definition) is 0. The lowest BCUT2D eigenvalue weighted by Crippen LogP contribution is -2.45. The van der Waals surface area contributed by atoms with Crippen LogP contribution in [0, 0.1) is 23.2 Å². The highest BCUT2D eigenvalue weighted by molar-refractivity contribution is 5.89. The van der Waals surface area contributed by atoms with Gasteiger partial charge in [0.2, 0.25) is 0 Å². The van der Waals surface area contributed by atoms with Gasteiger partial charge >= 0.3 is 11.9 Å². The van der Waals surface area contributed by atoms with Gasteiger partial charge in [-0.25, -0.2) is 4.79 Å². The highest BCUT2D eigenvalue weighted by atomic mass is 16.5. The number of fused-ring (bicyclic) bond motifs is 5. The van der Waals surface area contributed by atoms with Crippen molar-refractivity contribution in [1.29, 1.82) is 0 Å². The van der Waals surface area contributed by atoms with Gasteiger partial charge in [0.15, 0.2) is 0 Å². The number of rotatable bonds is 4. The van der Waals surface area contributed by atoms with Gasteiger partial charge in [-0.3, -0.25) is 4.79 Å². The molecule has 0 N–H and O–H groups in total. The predicted octanol–water partition coefficient (Wildman–Crippen LogP) is 6.67. The Balaban J connectivity index is 1.13. The highest BCUT2D eigenvalue weighted by Crippen LogP contribution is 2.61. The Morgan fingerprint density at radius 1 is 1.03 bits per heavy atom. The SMILES string of the molecule is CN1C=CCC(C(=O)OC2CCC3C4CCc5cc(OC(=O)C6CCCCC6)ccc5C4CCC23C)=C1. The summed E-state index contributed by atoms with van der Waals surface area (Å²) in [5.74, 6) is 2.38. The van der Waals surface area contributed by atoms with Crippen molar-refractivity contribution >= 4 is 11.9 Å². The molecule has 37 heavy (non-hydrogen) atoms. The van der Waals surface area contributed by atoms with E-state index in [0.29, 0.717) is 24.2 Å². The highest BCUT2D eigenvalue weighted by Gasteiger charge is 2.56. The maximum Gasteiger partial charge on any atom is 0.336 e. The van der Waals surface area contributed by atoms with Gasteiger partial charge in [-0.2, -0.15) is 0 Å². The van der Waals surface area contributed by atoms with Crippen LogP contribution in [-0.2, 0) is 20.7 Å². The van der Waals surface area contributed by atoms with Gasteiger partial charge in [0.1, 0.15) is 11.9 Å². The molecule has 6 rings (SSSR count). The van der Waals surface area contributed by atoms with Crippen molar-refractivity contribution in [2.24, 2.45) is 23.2 Å². The molecule has 0 bridgehead atoms. The molecule has 0 aromatic heterocycles. The number of benzene rings is 1. The third-order valence-corrected chi connectivity index (χ3v) is 10.3. The van der Waals surface area contributed by atoms with Gasteiger partial charge in [0.05, 0.1) is 11.5 Å². The van der Waals surface area contributed by atoms with E-state index >= 15 is 0 Å². The standard InChI is InChI=1S/C32H41NO4/c1-32-17-16-26-25-13-11-24(36-30(34)21-7-4-3-5-8-21)19-22(25)10-12-27(26)28(32)14-15-29(32)37-31(35)23-9-6-18-33(2)20-23/h6,11,13,18-21,26-29H,3-5,7-10,12,14-17H2,1-2H3. The molecule has 0 amide bonds. The zero-order chi connectivity index (χ0) is 25.6. The van der Waals surface area contributed by atoms with E-state index in [4.69, 9.17) is 9.47 Å². The second kappa shape index (κ2) is 9.96. The van der Waals surface area contributed by atoms with E-state index in [1.54, 1.807) is 0 Å². The molecule has 0 saturated heterocycles. The van der Waals surface area contributed by atoms with E-state index in [-0.39, 0.29) is 29.4 Å². The van der Waals surface area contributed by atoms with E-state index in [2.05, 4.69) is 19.1 Å². The van der Waals surface area contributed by atoms with Gasteiger partial charge in [0, 0.05) is 25.1 Å². The smallest absolute Gasteiger partial charge is 0.336 e. The second-order valence-electron chi connectivity index (χ2n) is 12.5. The van der Waals surface area contributed by atoms with E-state index in [1.165, 1.54) is 24.0 Å². The van der Waals surface area contributed by atoms with E-state index in [9.17, 15) is 9.59 Å². The zero-order valence-electron chi connectivity index (χ0n) is 22.4. The molecular weight excluding hydrogens is 462 g/mol. The maximum absolute atomic E-state index is 13.0. The van der Waals surface area contributed by atoms with Crippen molar-refractivity contribution in [3.05, 3.63) is 53.4 Å².